The van der Waals surface area contributed by atoms with Gasteiger partial charge in [-0.05, 0) is 43.8 Å². The van der Waals surface area contributed by atoms with E-state index in [4.69, 9.17) is 4.74 Å². The first kappa shape index (κ1) is 15.0. The molecule has 0 fully saturated rings. The predicted molar refractivity (Wildman–Crippen MR) is 82.7 cm³/mol. The molecule has 1 N–H and O–H groups in total. The Morgan fingerprint density at radius 2 is 1.90 bits per heavy atom. The van der Waals surface area contributed by atoms with Crippen LogP contribution in [-0.2, 0) is 0 Å². The number of halogens is 2. The molecule has 20 heavy (non-hydrogen) atoms. The first-order valence-corrected chi connectivity index (χ1v) is 7.13. The first-order valence-electron chi connectivity index (χ1n) is 6.33. The summed E-state index contributed by atoms with van der Waals surface area (Å²) in [6.07, 6.45) is 0. The van der Waals surface area contributed by atoms with Crippen LogP contribution in [0.25, 0.3) is 0 Å². The third-order valence-electron chi connectivity index (χ3n) is 3.25. The van der Waals surface area contributed by atoms with Crippen molar-refractivity contribution in [2.75, 3.05) is 14.2 Å². The second kappa shape index (κ2) is 6.37. The number of methoxy groups -OCH3 is 1. The molecule has 0 saturated heterocycles. The zero-order valence-electron chi connectivity index (χ0n) is 11.7. The first-order chi connectivity index (χ1) is 9.56. The second-order valence-electron chi connectivity index (χ2n) is 4.63. The zero-order chi connectivity index (χ0) is 14.7. The van der Waals surface area contributed by atoms with Crippen molar-refractivity contribution in [3.8, 4) is 5.75 Å². The van der Waals surface area contributed by atoms with Crippen molar-refractivity contribution in [3.63, 3.8) is 0 Å². The topological polar surface area (TPSA) is 21.3 Å². The van der Waals surface area contributed by atoms with Crippen LogP contribution < -0.4 is 10.1 Å². The molecule has 1 unspecified atom stereocenters. The van der Waals surface area contributed by atoms with E-state index in [2.05, 4.69) is 27.3 Å². The molecule has 2 aromatic carbocycles. The Kier molecular flexibility index (Phi) is 4.78. The van der Waals surface area contributed by atoms with Crippen molar-refractivity contribution >= 4 is 15.9 Å². The van der Waals surface area contributed by atoms with Crippen LogP contribution >= 0.6 is 15.9 Å². The fourth-order valence-electron chi connectivity index (χ4n) is 2.29. The summed E-state index contributed by atoms with van der Waals surface area (Å²) in [7, 11) is 3.49. The van der Waals surface area contributed by atoms with Gasteiger partial charge < -0.3 is 10.1 Å². The Balaban J connectivity index is 2.57. The lowest BCUT2D eigenvalue weighted by Gasteiger charge is -2.21. The van der Waals surface area contributed by atoms with Gasteiger partial charge in [-0.1, -0.05) is 33.6 Å². The highest BCUT2D eigenvalue weighted by Crippen LogP contribution is 2.34. The standard InChI is InChI=1S/C16H17BrFNO/c1-10-4-7-15(20-3)13(8-10)16(19-2)12-9-11(18)5-6-14(12)17/h4-9,16,19H,1-3H3. The lowest BCUT2D eigenvalue weighted by atomic mass is 9.96. The Morgan fingerprint density at radius 1 is 1.15 bits per heavy atom. The van der Waals surface area contributed by atoms with E-state index in [1.807, 2.05) is 26.1 Å². The molecular weight excluding hydrogens is 321 g/mol. The molecule has 0 bridgehead atoms. The number of aryl methyl sites for hydroxylation is 1. The van der Waals surface area contributed by atoms with E-state index in [1.165, 1.54) is 12.1 Å². The molecule has 2 rings (SSSR count). The number of benzene rings is 2. The Bertz CT molecular complexity index is 615. The fourth-order valence-corrected chi connectivity index (χ4v) is 2.77. The molecule has 0 saturated carbocycles. The highest BCUT2D eigenvalue weighted by molar-refractivity contribution is 9.10. The van der Waals surface area contributed by atoms with Gasteiger partial charge in [0, 0.05) is 10.0 Å². The third kappa shape index (κ3) is 3.02. The van der Waals surface area contributed by atoms with Gasteiger partial charge in [0.05, 0.1) is 13.2 Å². The van der Waals surface area contributed by atoms with Crippen LogP contribution in [0.15, 0.2) is 40.9 Å². The molecular formula is C16H17BrFNO. The number of hydrogen-bond acceptors (Lipinski definition) is 2. The molecule has 106 valence electrons. The maximum absolute atomic E-state index is 13.5. The van der Waals surface area contributed by atoms with Crippen LogP contribution in [0.4, 0.5) is 4.39 Å². The molecule has 4 heteroatoms. The largest absolute Gasteiger partial charge is 0.496 e. The van der Waals surface area contributed by atoms with Crippen LogP contribution in [0, 0.1) is 12.7 Å². The summed E-state index contributed by atoms with van der Waals surface area (Å²) in [6, 6.07) is 10.5. The molecule has 2 nitrogen and oxygen atoms in total. The van der Waals surface area contributed by atoms with Gasteiger partial charge in [0.2, 0.25) is 0 Å². The summed E-state index contributed by atoms with van der Waals surface area (Å²) >= 11 is 3.49. The minimum absolute atomic E-state index is 0.144. The van der Waals surface area contributed by atoms with Crippen LogP contribution in [0.1, 0.15) is 22.7 Å². The lowest BCUT2D eigenvalue weighted by Crippen LogP contribution is -2.19. The van der Waals surface area contributed by atoms with Crippen molar-refractivity contribution in [2.24, 2.45) is 0 Å². The predicted octanol–water partition coefficient (Wildman–Crippen LogP) is 4.21. The van der Waals surface area contributed by atoms with Crippen molar-refractivity contribution in [2.45, 2.75) is 13.0 Å². The molecule has 0 aliphatic heterocycles. The van der Waals surface area contributed by atoms with Crippen molar-refractivity contribution in [1.29, 1.82) is 0 Å². The number of ether oxygens (including phenoxy) is 1. The van der Waals surface area contributed by atoms with Gasteiger partial charge in [0.15, 0.2) is 0 Å². The van der Waals surface area contributed by atoms with Gasteiger partial charge in [-0.15, -0.1) is 0 Å². The molecule has 0 amide bonds. The summed E-state index contributed by atoms with van der Waals surface area (Å²) in [5.74, 6) is 0.529. The SMILES string of the molecule is CNC(c1cc(F)ccc1Br)c1cc(C)ccc1OC. The Labute approximate surface area is 127 Å². The smallest absolute Gasteiger partial charge is 0.123 e. The average molecular weight is 338 g/mol. The van der Waals surface area contributed by atoms with Gasteiger partial charge in [0.25, 0.3) is 0 Å². The summed E-state index contributed by atoms with van der Waals surface area (Å²) in [5, 5.41) is 3.23. The van der Waals surface area contributed by atoms with Crippen LogP contribution in [-0.4, -0.2) is 14.2 Å². The number of hydrogen-bond donors (Lipinski definition) is 1. The summed E-state index contributed by atoms with van der Waals surface area (Å²) in [4.78, 5) is 0. The van der Waals surface area contributed by atoms with Gasteiger partial charge >= 0.3 is 0 Å². The van der Waals surface area contributed by atoms with E-state index in [9.17, 15) is 4.39 Å². The average Bonchev–Trinajstić information content (AvgIpc) is 2.44. The number of nitrogens with one attached hydrogen (secondary N) is 1. The van der Waals surface area contributed by atoms with Crippen molar-refractivity contribution < 1.29 is 9.13 Å². The quantitative estimate of drug-likeness (QED) is 0.902. The van der Waals surface area contributed by atoms with E-state index >= 15 is 0 Å². The van der Waals surface area contributed by atoms with Gasteiger partial charge in [0.1, 0.15) is 11.6 Å². The molecule has 0 heterocycles. The highest BCUT2D eigenvalue weighted by Gasteiger charge is 2.19. The fraction of sp³-hybridized carbons (Fsp3) is 0.250. The van der Waals surface area contributed by atoms with Gasteiger partial charge in [-0.3, -0.25) is 0 Å². The molecule has 0 radical (unpaired) electrons. The normalized spacial score (nSPS) is 12.2. The van der Waals surface area contributed by atoms with Crippen LogP contribution in [0.5, 0.6) is 5.75 Å². The van der Waals surface area contributed by atoms with E-state index in [0.29, 0.717) is 0 Å². The van der Waals surface area contributed by atoms with Gasteiger partial charge in [-0.25, -0.2) is 4.39 Å². The van der Waals surface area contributed by atoms with E-state index < -0.39 is 0 Å². The maximum atomic E-state index is 13.5. The van der Waals surface area contributed by atoms with E-state index in [-0.39, 0.29) is 11.9 Å². The molecule has 0 aromatic heterocycles. The van der Waals surface area contributed by atoms with Crippen LogP contribution in [0.2, 0.25) is 0 Å². The Morgan fingerprint density at radius 3 is 2.55 bits per heavy atom. The molecule has 2 aromatic rings. The summed E-state index contributed by atoms with van der Waals surface area (Å²) < 4.78 is 19.8. The molecule has 1 atom stereocenters. The van der Waals surface area contributed by atoms with E-state index in [0.717, 1.165) is 26.9 Å². The zero-order valence-corrected chi connectivity index (χ0v) is 13.3. The van der Waals surface area contributed by atoms with Crippen molar-refractivity contribution in [3.05, 3.63) is 63.4 Å². The minimum Gasteiger partial charge on any atom is -0.496 e. The summed E-state index contributed by atoms with van der Waals surface area (Å²) in [5.41, 5.74) is 2.96. The van der Waals surface area contributed by atoms with Crippen molar-refractivity contribution in [1.82, 2.24) is 5.32 Å². The molecule has 0 aliphatic carbocycles. The monoisotopic (exact) mass is 337 g/mol. The lowest BCUT2D eigenvalue weighted by molar-refractivity contribution is 0.405. The molecule has 0 aliphatic rings. The third-order valence-corrected chi connectivity index (χ3v) is 3.98. The highest BCUT2D eigenvalue weighted by atomic mass is 79.9. The van der Waals surface area contributed by atoms with Crippen LogP contribution in [0.3, 0.4) is 0 Å². The second-order valence-corrected chi connectivity index (χ2v) is 5.49. The minimum atomic E-state index is -0.255. The maximum Gasteiger partial charge on any atom is 0.123 e. The van der Waals surface area contributed by atoms with Gasteiger partial charge in [-0.2, -0.15) is 0 Å². The molecule has 0 spiro atoms. The van der Waals surface area contributed by atoms with E-state index in [1.54, 1.807) is 13.2 Å². The Hall–Kier alpha value is -1.39. The summed E-state index contributed by atoms with van der Waals surface area (Å²) in [6.45, 7) is 2.02. The number of rotatable bonds is 4.